The molecule has 1 N–H and O–H groups in total. The summed E-state index contributed by atoms with van der Waals surface area (Å²) in [6.45, 7) is 0.897. The van der Waals surface area contributed by atoms with Crippen LogP contribution in [0, 0.1) is 5.92 Å². The van der Waals surface area contributed by atoms with Crippen molar-refractivity contribution in [3.63, 3.8) is 0 Å². The molecular formula is C16H16N2O3S. The molecule has 1 aliphatic rings. The number of amides is 1. The minimum atomic E-state index is -0.827. The van der Waals surface area contributed by atoms with Gasteiger partial charge < -0.3 is 10.0 Å². The molecule has 3 rings (SSSR count). The molecule has 6 heteroatoms. The third kappa shape index (κ3) is 3.01. The average molecular weight is 316 g/mol. The number of hydrogen-bond donors (Lipinski definition) is 1. The molecule has 1 fully saturated rings. The molecule has 1 saturated heterocycles. The van der Waals surface area contributed by atoms with Gasteiger partial charge in [0.05, 0.1) is 11.6 Å². The van der Waals surface area contributed by atoms with Crippen molar-refractivity contribution in [2.24, 2.45) is 5.92 Å². The fourth-order valence-electron chi connectivity index (χ4n) is 2.64. The minimum Gasteiger partial charge on any atom is -0.481 e. The van der Waals surface area contributed by atoms with Crippen molar-refractivity contribution in [3.8, 4) is 11.3 Å². The van der Waals surface area contributed by atoms with Crippen molar-refractivity contribution >= 4 is 23.4 Å². The monoisotopic (exact) mass is 316 g/mol. The number of aliphatic carboxylic acids is 1. The summed E-state index contributed by atoms with van der Waals surface area (Å²) in [6.07, 6.45) is 1.37. The van der Waals surface area contributed by atoms with Crippen molar-refractivity contribution in [1.29, 1.82) is 0 Å². The van der Waals surface area contributed by atoms with Crippen LogP contribution in [-0.2, 0) is 4.79 Å². The molecular weight excluding hydrogens is 300 g/mol. The van der Waals surface area contributed by atoms with Gasteiger partial charge >= 0.3 is 5.97 Å². The lowest BCUT2D eigenvalue weighted by atomic mass is 9.98. The van der Waals surface area contributed by atoms with Crippen LogP contribution in [0.3, 0.4) is 0 Å². The van der Waals surface area contributed by atoms with Crippen LogP contribution >= 0.6 is 11.5 Å². The molecule has 0 radical (unpaired) electrons. The molecule has 5 nitrogen and oxygen atoms in total. The zero-order chi connectivity index (χ0) is 15.5. The minimum absolute atomic E-state index is 0.120. The number of hydrogen-bond acceptors (Lipinski definition) is 4. The summed E-state index contributed by atoms with van der Waals surface area (Å²) in [5.41, 5.74) is 1.75. The van der Waals surface area contributed by atoms with E-state index in [1.54, 1.807) is 11.0 Å². The Morgan fingerprint density at radius 3 is 2.77 bits per heavy atom. The third-order valence-electron chi connectivity index (χ3n) is 3.85. The van der Waals surface area contributed by atoms with Gasteiger partial charge in [-0.3, -0.25) is 9.59 Å². The molecule has 22 heavy (non-hydrogen) atoms. The average Bonchev–Trinajstić information content (AvgIpc) is 3.05. The number of aromatic nitrogens is 1. The van der Waals surface area contributed by atoms with Crippen LogP contribution in [0.4, 0.5) is 0 Å². The van der Waals surface area contributed by atoms with E-state index in [2.05, 4.69) is 4.37 Å². The first-order chi connectivity index (χ1) is 10.6. The molecule has 1 atom stereocenters. The molecule has 2 aromatic rings. The number of carboxylic acid groups (broad SMARTS) is 1. The maximum Gasteiger partial charge on any atom is 0.308 e. The highest BCUT2D eigenvalue weighted by molar-refractivity contribution is 7.08. The van der Waals surface area contributed by atoms with Crippen molar-refractivity contribution < 1.29 is 14.7 Å². The first kappa shape index (κ1) is 14.7. The molecule has 114 valence electrons. The summed E-state index contributed by atoms with van der Waals surface area (Å²) in [5.74, 6) is -1.41. The van der Waals surface area contributed by atoms with Crippen LogP contribution in [0.2, 0.25) is 0 Å². The van der Waals surface area contributed by atoms with Crippen molar-refractivity contribution in [1.82, 2.24) is 9.27 Å². The van der Waals surface area contributed by atoms with Crippen LogP contribution in [0.25, 0.3) is 11.3 Å². The Morgan fingerprint density at radius 2 is 2.05 bits per heavy atom. The smallest absolute Gasteiger partial charge is 0.308 e. The van der Waals surface area contributed by atoms with Gasteiger partial charge in [-0.25, -0.2) is 0 Å². The standard InChI is InChI=1S/C16H16N2O3S/c19-15(18-8-4-7-12(10-18)16(20)21)14-9-13(17-22-14)11-5-2-1-3-6-11/h1-3,5-6,9,12H,4,7-8,10H2,(H,20,21). The maximum absolute atomic E-state index is 12.5. The first-order valence-corrected chi connectivity index (χ1v) is 7.96. The predicted molar refractivity (Wildman–Crippen MR) is 83.8 cm³/mol. The summed E-state index contributed by atoms with van der Waals surface area (Å²) in [6, 6.07) is 11.5. The summed E-state index contributed by atoms with van der Waals surface area (Å²) < 4.78 is 4.33. The second kappa shape index (κ2) is 6.27. The maximum atomic E-state index is 12.5. The second-order valence-electron chi connectivity index (χ2n) is 5.37. The van der Waals surface area contributed by atoms with Gasteiger partial charge in [-0.05, 0) is 30.4 Å². The Morgan fingerprint density at radius 1 is 1.27 bits per heavy atom. The number of carbonyl (C=O) groups excluding carboxylic acids is 1. The van der Waals surface area contributed by atoms with Gasteiger partial charge in [0.2, 0.25) is 0 Å². The van der Waals surface area contributed by atoms with Crippen LogP contribution < -0.4 is 0 Å². The molecule has 1 amide bonds. The third-order valence-corrected chi connectivity index (χ3v) is 4.63. The van der Waals surface area contributed by atoms with E-state index in [1.807, 2.05) is 30.3 Å². The van der Waals surface area contributed by atoms with E-state index in [9.17, 15) is 9.59 Å². The van der Waals surface area contributed by atoms with E-state index in [1.165, 1.54) is 11.5 Å². The van der Waals surface area contributed by atoms with Gasteiger partial charge in [0.1, 0.15) is 4.88 Å². The molecule has 1 aromatic heterocycles. The van der Waals surface area contributed by atoms with Gasteiger partial charge in [0.15, 0.2) is 0 Å². The van der Waals surface area contributed by atoms with Gasteiger partial charge in [-0.15, -0.1) is 0 Å². The Labute approximate surface area is 132 Å². The highest BCUT2D eigenvalue weighted by atomic mass is 32.1. The first-order valence-electron chi connectivity index (χ1n) is 7.19. The second-order valence-corrected chi connectivity index (χ2v) is 6.18. The molecule has 1 unspecified atom stereocenters. The van der Waals surface area contributed by atoms with Gasteiger partial charge in [0.25, 0.3) is 5.91 Å². The summed E-state index contributed by atoms with van der Waals surface area (Å²) in [5, 5.41) is 9.11. The van der Waals surface area contributed by atoms with E-state index in [-0.39, 0.29) is 12.5 Å². The molecule has 0 bridgehead atoms. The number of nitrogens with zero attached hydrogens (tertiary/aromatic N) is 2. The number of likely N-dealkylation sites (tertiary alicyclic amines) is 1. The van der Waals surface area contributed by atoms with E-state index in [0.717, 1.165) is 17.7 Å². The van der Waals surface area contributed by atoms with Crippen molar-refractivity contribution in [2.45, 2.75) is 12.8 Å². The lowest BCUT2D eigenvalue weighted by molar-refractivity contribution is -0.143. The molecule has 0 aliphatic carbocycles. The Kier molecular flexibility index (Phi) is 4.20. The molecule has 1 aliphatic heterocycles. The zero-order valence-corrected chi connectivity index (χ0v) is 12.8. The van der Waals surface area contributed by atoms with Crippen molar-refractivity contribution in [2.75, 3.05) is 13.1 Å². The normalized spacial score (nSPS) is 18.2. The summed E-state index contributed by atoms with van der Waals surface area (Å²) in [4.78, 5) is 25.8. The van der Waals surface area contributed by atoms with Gasteiger partial charge in [-0.1, -0.05) is 30.3 Å². The van der Waals surface area contributed by atoms with E-state index >= 15 is 0 Å². The number of carboxylic acids is 1. The van der Waals surface area contributed by atoms with Crippen LogP contribution in [0.5, 0.6) is 0 Å². The fourth-order valence-corrected chi connectivity index (χ4v) is 3.37. The number of rotatable bonds is 3. The van der Waals surface area contributed by atoms with E-state index in [0.29, 0.717) is 17.8 Å². The van der Waals surface area contributed by atoms with Crippen LogP contribution in [-0.4, -0.2) is 39.3 Å². The van der Waals surface area contributed by atoms with Crippen LogP contribution in [0.15, 0.2) is 36.4 Å². The molecule has 1 aromatic carbocycles. The Hall–Kier alpha value is -2.21. The number of carbonyl (C=O) groups is 2. The van der Waals surface area contributed by atoms with Crippen LogP contribution in [0.1, 0.15) is 22.5 Å². The Bertz CT molecular complexity index is 684. The number of piperidine rings is 1. The largest absolute Gasteiger partial charge is 0.481 e. The van der Waals surface area contributed by atoms with Gasteiger partial charge in [-0.2, -0.15) is 4.37 Å². The molecule has 2 heterocycles. The SMILES string of the molecule is O=C(O)C1CCCN(C(=O)c2cc(-c3ccccc3)ns2)C1. The fraction of sp³-hybridized carbons (Fsp3) is 0.312. The summed E-state index contributed by atoms with van der Waals surface area (Å²) >= 11 is 1.17. The van der Waals surface area contributed by atoms with E-state index in [4.69, 9.17) is 5.11 Å². The molecule has 0 saturated carbocycles. The zero-order valence-electron chi connectivity index (χ0n) is 11.9. The highest BCUT2D eigenvalue weighted by Crippen LogP contribution is 2.25. The van der Waals surface area contributed by atoms with Gasteiger partial charge in [0, 0.05) is 18.7 Å². The number of benzene rings is 1. The highest BCUT2D eigenvalue weighted by Gasteiger charge is 2.29. The summed E-state index contributed by atoms with van der Waals surface area (Å²) in [7, 11) is 0. The van der Waals surface area contributed by atoms with E-state index < -0.39 is 11.9 Å². The lowest BCUT2D eigenvalue weighted by Crippen LogP contribution is -2.42. The quantitative estimate of drug-likeness (QED) is 0.945. The molecule has 0 spiro atoms. The van der Waals surface area contributed by atoms with Crippen molar-refractivity contribution in [3.05, 3.63) is 41.3 Å². The predicted octanol–water partition coefficient (Wildman–Crippen LogP) is 2.75. The lowest BCUT2D eigenvalue weighted by Gasteiger charge is -2.30. The topological polar surface area (TPSA) is 70.5 Å². The Balaban J connectivity index is 1.76.